The van der Waals surface area contributed by atoms with Crippen molar-refractivity contribution in [2.45, 2.75) is 50.6 Å². The Hall–Kier alpha value is -0.390. The van der Waals surface area contributed by atoms with Gasteiger partial charge in [-0.05, 0) is 14.1 Å². The van der Waals surface area contributed by atoms with Crippen LogP contribution in [0, 0.1) is 0 Å². The van der Waals surface area contributed by atoms with Crippen LogP contribution in [-0.4, -0.2) is 64.2 Å². The van der Waals surface area contributed by atoms with E-state index < -0.39 is 38.6 Å². The third-order valence-electron chi connectivity index (χ3n) is 2.85. The average Bonchev–Trinajstić information content (AvgIpc) is 2.18. The number of nitrogens with one attached hydrogen (secondary N) is 1. The molecule has 0 heterocycles. The van der Waals surface area contributed by atoms with E-state index in [1.54, 1.807) is 13.8 Å². The Morgan fingerprint density at radius 2 is 1.25 bits per heavy atom. The quantitative estimate of drug-likeness (QED) is 0.409. The summed E-state index contributed by atoms with van der Waals surface area (Å²) in [7, 11) is -2.17. The summed E-state index contributed by atoms with van der Waals surface area (Å²) in [6.45, 7) is 2.96. The van der Waals surface area contributed by atoms with Crippen molar-refractivity contribution in [3.05, 3.63) is 0 Å². The van der Waals surface area contributed by atoms with Gasteiger partial charge in [-0.2, -0.15) is 26.3 Å². The zero-order chi connectivity index (χ0) is 20.0. The highest BCUT2D eigenvalue weighted by Gasteiger charge is 2.50. The first-order valence-corrected chi connectivity index (χ1v) is 8.16. The van der Waals surface area contributed by atoms with Crippen LogP contribution in [0.2, 0.25) is 0 Å². The van der Waals surface area contributed by atoms with Crippen LogP contribution in [0.4, 0.5) is 26.3 Å². The number of hydrogen-bond donors (Lipinski definition) is 4. The summed E-state index contributed by atoms with van der Waals surface area (Å²) in [6, 6.07) is -0.194. The van der Waals surface area contributed by atoms with Gasteiger partial charge in [0.2, 0.25) is 0 Å². The van der Waals surface area contributed by atoms with Gasteiger partial charge in [-0.25, -0.2) is 4.57 Å². The molecule has 0 bridgehead atoms. The number of hydrogen-bond acceptors (Lipinski definition) is 3. The van der Waals surface area contributed by atoms with Gasteiger partial charge in [-0.1, -0.05) is 13.8 Å². The highest BCUT2D eigenvalue weighted by atomic mass is 31.2. The molecule has 0 unspecified atom stereocenters. The molecule has 0 aromatic rings. The fourth-order valence-corrected chi connectivity index (χ4v) is 1.80. The van der Waals surface area contributed by atoms with Crippen LogP contribution < -0.4 is 5.32 Å². The molecule has 0 rings (SSSR count). The summed E-state index contributed by atoms with van der Waals surface area (Å²) in [5, 5.41) is 2.67. The lowest BCUT2D eigenvalue weighted by Crippen LogP contribution is -2.57. The Kier molecular flexibility index (Phi) is 10.1. The number of rotatable bonds is 6. The Balaban J connectivity index is 0. The van der Waals surface area contributed by atoms with Crippen molar-refractivity contribution in [2.24, 2.45) is 0 Å². The number of halogens is 6. The van der Waals surface area contributed by atoms with Crippen LogP contribution in [0.3, 0.4) is 0 Å². The normalized spacial score (nSPS) is 14.0. The molecule has 0 spiro atoms. The zero-order valence-electron chi connectivity index (χ0n) is 13.6. The SMILES string of the molecule is CC(C)NCC(CC(F)(F)F)(CC(F)(F)F)N(C)C.O=P(O)(O)O. The van der Waals surface area contributed by atoms with Gasteiger partial charge >= 0.3 is 20.2 Å². The van der Waals surface area contributed by atoms with Crippen LogP contribution in [0.1, 0.15) is 26.7 Å². The predicted octanol–water partition coefficient (Wildman–Crippen LogP) is 2.26. The van der Waals surface area contributed by atoms with E-state index in [9.17, 15) is 26.3 Å². The van der Waals surface area contributed by atoms with Gasteiger partial charge in [0.25, 0.3) is 0 Å². The molecule has 0 aliphatic carbocycles. The van der Waals surface area contributed by atoms with Crippen LogP contribution >= 0.6 is 7.82 Å². The first-order chi connectivity index (χ1) is 10.3. The zero-order valence-corrected chi connectivity index (χ0v) is 14.5. The Labute approximate surface area is 136 Å². The van der Waals surface area contributed by atoms with Crippen molar-refractivity contribution in [1.82, 2.24) is 10.2 Å². The predicted molar refractivity (Wildman–Crippen MR) is 75.2 cm³/mol. The highest BCUT2D eigenvalue weighted by molar-refractivity contribution is 7.45. The second kappa shape index (κ2) is 9.35. The van der Waals surface area contributed by atoms with E-state index >= 15 is 0 Å². The van der Waals surface area contributed by atoms with Gasteiger partial charge in [0.15, 0.2) is 0 Å². The van der Waals surface area contributed by atoms with Crippen LogP contribution in [0.5, 0.6) is 0 Å². The van der Waals surface area contributed by atoms with Gasteiger partial charge in [0, 0.05) is 18.1 Å². The van der Waals surface area contributed by atoms with Crippen LogP contribution in [0.15, 0.2) is 0 Å². The summed E-state index contributed by atoms with van der Waals surface area (Å²) in [6.07, 6.45) is -12.3. The molecule has 0 aliphatic heterocycles. The molecular formula is C11H23F6N2O4P. The van der Waals surface area contributed by atoms with Gasteiger partial charge in [0.05, 0.1) is 12.8 Å². The lowest BCUT2D eigenvalue weighted by Gasteiger charge is -2.41. The van der Waals surface area contributed by atoms with Crippen molar-refractivity contribution in [3.8, 4) is 0 Å². The summed E-state index contributed by atoms with van der Waals surface area (Å²) < 4.78 is 84.4. The molecule has 0 atom stereocenters. The van der Waals surface area contributed by atoms with Crippen LogP contribution in [-0.2, 0) is 4.57 Å². The average molecular weight is 392 g/mol. The summed E-state index contributed by atoms with van der Waals surface area (Å²) in [4.78, 5) is 22.6. The smallest absolute Gasteiger partial charge is 0.313 e. The first kappa shape index (κ1) is 25.8. The van der Waals surface area contributed by atoms with Crippen LogP contribution in [0.25, 0.3) is 0 Å². The maximum absolute atomic E-state index is 12.6. The van der Waals surface area contributed by atoms with E-state index in [-0.39, 0.29) is 12.6 Å². The maximum atomic E-state index is 12.6. The lowest BCUT2D eigenvalue weighted by molar-refractivity contribution is -0.196. The van der Waals surface area contributed by atoms with Gasteiger partial charge in [-0.3, -0.25) is 0 Å². The Morgan fingerprint density at radius 1 is 0.958 bits per heavy atom. The van der Waals surface area contributed by atoms with Crippen molar-refractivity contribution in [2.75, 3.05) is 20.6 Å². The van der Waals surface area contributed by atoms with E-state index in [1.807, 2.05) is 0 Å². The third kappa shape index (κ3) is 16.5. The van der Waals surface area contributed by atoms with Gasteiger partial charge in [-0.15, -0.1) is 0 Å². The first-order valence-electron chi connectivity index (χ1n) is 6.60. The molecule has 0 radical (unpaired) electrons. The highest BCUT2D eigenvalue weighted by Crippen LogP contribution is 2.38. The number of likely N-dealkylation sites (N-methyl/N-ethyl adjacent to an activating group) is 1. The fraction of sp³-hybridized carbons (Fsp3) is 1.00. The molecule has 0 saturated heterocycles. The third-order valence-corrected chi connectivity index (χ3v) is 2.85. The van der Waals surface area contributed by atoms with Crippen molar-refractivity contribution in [3.63, 3.8) is 0 Å². The fourth-order valence-electron chi connectivity index (χ4n) is 1.80. The molecule has 6 nitrogen and oxygen atoms in total. The Morgan fingerprint density at radius 3 is 1.42 bits per heavy atom. The molecule has 4 N–H and O–H groups in total. The standard InChI is InChI=1S/C11H20F6N2.H3O4P/c1-8(2)18-7-9(19(3)4,5-10(12,13)14)6-11(15,16)17;1-5(2,3)4/h8,18H,5-7H2,1-4H3;(H3,1,2,3,4). The molecule has 0 saturated carbocycles. The Bertz CT molecular complexity index is 384. The minimum absolute atomic E-state index is 0.194. The molecule has 148 valence electrons. The summed E-state index contributed by atoms with van der Waals surface area (Å²) in [5.74, 6) is 0. The van der Waals surface area contributed by atoms with Crippen molar-refractivity contribution in [1.29, 1.82) is 0 Å². The van der Waals surface area contributed by atoms with Crippen molar-refractivity contribution >= 4 is 7.82 Å². The van der Waals surface area contributed by atoms with E-state index in [0.717, 1.165) is 4.90 Å². The number of alkyl halides is 6. The monoisotopic (exact) mass is 392 g/mol. The molecule has 0 aromatic heterocycles. The number of phosphoric acid groups is 1. The van der Waals surface area contributed by atoms with E-state index in [1.165, 1.54) is 14.1 Å². The molecule has 0 fully saturated rings. The molecule has 24 heavy (non-hydrogen) atoms. The van der Waals surface area contributed by atoms with E-state index in [4.69, 9.17) is 19.2 Å². The molecule has 0 aromatic carbocycles. The lowest BCUT2D eigenvalue weighted by atomic mass is 9.88. The maximum Gasteiger partial charge on any atom is 0.466 e. The summed E-state index contributed by atoms with van der Waals surface area (Å²) in [5.41, 5.74) is -2.03. The second-order valence-electron chi connectivity index (χ2n) is 5.75. The van der Waals surface area contributed by atoms with E-state index in [0.29, 0.717) is 0 Å². The minimum Gasteiger partial charge on any atom is -0.313 e. The van der Waals surface area contributed by atoms with Crippen molar-refractivity contribution < 1.29 is 45.6 Å². The topological polar surface area (TPSA) is 93.0 Å². The number of nitrogens with zero attached hydrogens (tertiary/aromatic N) is 1. The molecule has 0 aliphatic rings. The van der Waals surface area contributed by atoms with E-state index in [2.05, 4.69) is 5.32 Å². The minimum atomic E-state index is -4.66. The van der Waals surface area contributed by atoms with Gasteiger partial charge in [0.1, 0.15) is 0 Å². The molecule has 13 heteroatoms. The largest absolute Gasteiger partial charge is 0.466 e. The molecular weight excluding hydrogens is 369 g/mol. The van der Waals surface area contributed by atoms with Gasteiger partial charge < -0.3 is 24.9 Å². The summed E-state index contributed by atoms with van der Waals surface area (Å²) >= 11 is 0. The second-order valence-corrected chi connectivity index (χ2v) is 6.78. The molecule has 0 amide bonds.